The average Bonchev–Trinajstić information content (AvgIpc) is 2.71. The lowest BCUT2D eigenvalue weighted by molar-refractivity contribution is 0.0702. The minimum Gasteiger partial charge on any atom is -0.477 e. The van der Waals surface area contributed by atoms with Gasteiger partial charge >= 0.3 is 5.97 Å². The van der Waals surface area contributed by atoms with Gasteiger partial charge in [0.15, 0.2) is 0 Å². The van der Waals surface area contributed by atoms with Crippen molar-refractivity contribution in [1.82, 2.24) is 10.2 Å². The van der Waals surface area contributed by atoms with E-state index in [0.717, 1.165) is 16.9 Å². The summed E-state index contributed by atoms with van der Waals surface area (Å²) in [4.78, 5) is 10.9. The van der Waals surface area contributed by atoms with Crippen LogP contribution in [0.3, 0.4) is 0 Å². The number of aromatic carboxylic acids is 1. The molecule has 0 aliphatic heterocycles. The van der Waals surface area contributed by atoms with Crippen molar-refractivity contribution in [3.05, 3.63) is 27.7 Å². The third kappa shape index (κ3) is 1.51. The van der Waals surface area contributed by atoms with Crippen LogP contribution >= 0.6 is 22.9 Å². The van der Waals surface area contributed by atoms with Gasteiger partial charge in [0.2, 0.25) is 0 Å². The maximum Gasteiger partial charge on any atom is 0.345 e. The number of hydrogen-bond acceptors (Lipinski definition) is 3. The van der Waals surface area contributed by atoms with E-state index in [-0.39, 0.29) is 4.88 Å². The van der Waals surface area contributed by atoms with Gasteiger partial charge in [-0.2, -0.15) is 5.10 Å². The fraction of sp³-hybridized carbons (Fsp3) is 0. The number of aromatic nitrogens is 2. The summed E-state index contributed by atoms with van der Waals surface area (Å²) in [5.41, 5.74) is 1.49. The van der Waals surface area contributed by atoms with Crippen molar-refractivity contribution in [3.63, 3.8) is 0 Å². The molecule has 0 aliphatic rings. The largest absolute Gasteiger partial charge is 0.477 e. The second kappa shape index (κ2) is 3.43. The van der Waals surface area contributed by atoms with E-state index in [0.29, 0.717) is 9.90 Å². The summed E-state index contributed by atoms with van der Waals surface area (Å²) in [7, 11) is 0. The molecule has 0 fully saturated rings. The maximum absolute atomic E-state index is 10.7. The van der Waals surface area contributed by atoms with Gasteiger partial charge in [-0.05, 0) is 6.07 Å². The van der Waals surface area contributed by atoms with Gasteiger partial charge in [0.1, 0.15) is 9.21 Å². The lowest BCUT2D eigenvalue weighted by atomic mass is 10.2. The SMILES string of the molecule is O=C(O)c1cc(-c2cn[nH]c2)c(Cl)s1. The smallest absolute Gasteiger partial charge is 0.345 e. The molecule has 6 heteroatoms. The van der Waals surface area contributed by atoms with E-state index in [9.17, 15) is 4.79 Å². The Labute approximate surface area is 88.2 Å². The van der Waals surface area contributed by atoms with Crippen LogP contribution in [0.2, 0.25) is 4.34 Å². The van der Waals surface area contributed by atoms with Gasteiger partial charge < -0.3 is 5.11 Å². The van der Waals surface area contributed by atoms with Crippen molar-refractivity contribution in [3.8, 4) is 11.1 Å². The first-order chi connectivity index (χ1) is 6.68. The highest BCUT2D eigenvalue weighted by Gasteiger charge is 2.13. The second-order valence-electron chi connectivity index (χ2n) is 2.59. The minimum atomic E-state index is -0.966. The Kier molecular flexibility index (Phi) is 2.26. The molecule has 0 saturated carbocycles. The Morgan fingerprint density at radius 3 is 2.93 bits per heavy atom. The van der Waals surface area contributed by atoms with E-state index in [1.165, 1.54) is 0 Å². The number of H-pyrrole nitrogens is 1. The summed E-state index contributed by atoms with van der Waals surface area (Å²) in [6, 6.07) is 1.54. The van der Waals surface area contributed by atoms with Crippen molar-refractivity contribution in [2.45, 2.75) is 0 Å². The molecule has 2 N–H and O–H groups in total. The summed E-state index contributed by atoms with van der Waals surface area (Å²) >= 11 is 6.94. The molecular formula is C8H5ClN2O2S. The van der Waals surface area contributed by atoms with Crippen LogP contribution in [0, 0.1) is 0 Å². The lowest BCUT2D eigenvalue weighted by Gasteiger charge is -1.89. The van der Waals surface area contributed by atoms with Gasteiger partial charge in [-0.15, -0.1) is 11.3 Å². The van der Waals surface area contributed by atoms with Crippen LogP contribution in [0.25, 0.3) is 11.1 Å². The summed E-state index contributed by atoms with van der Waals surface area (Å²) in [5, 5.41) is 15.2. The Bertz CT molecular complexity index is 464. The monoisotopic (exact) mass is 228 g/mol. The van der Waals surface area contributed by atoms with Crippen LogP contribution in [0.15, 0.2) is 18.5 Å². The molecule has 0 atom stereocenters. The Morgan fingerprint density at radius 1 is 1.64 bits per heavy atom. The zero-order valence-electron chi connectivity index (χ0n) is 6.82. The van der Waals surface area contributed by atoms with Crippen molar-refractivity contribution in [1.29, 1.82) is 0 Å². The van der Waals surface area contributed by atoms with E-state index < -0.39 is 5.97 Å². The van der Waals surface area contributed by atoms with E-state index in [1.807, 2.05) is 0 Å². The molecule has 2 aromatic rings. The third-order valence-corrected chi connectivity index (χ3v) is 3.05. The summed E-state index contributed by atoms with van der Waals surface area (Å²) in [5.74, 6) is -0.966. The summed E-state index contributed by atoms with van der Waals surface area (Å²) < 4.78 is 0.462. The molecule has 0 saturated heterocycles. The van der Waals surface area contributed by atoms with Gasteiger partial charge in [0.25, 0.3) is 0 Å². The van der Waals surface area contributed by atoms with Crippen LogP contribution in [0.4, 0.5) is 0 Å². The molecule has 0 spiro atoms. The number of hydrogen-bond donors (Lipinski definition) is 2. The van der Waals surface area contributed by atoms with Crippen molar-refractivity contribution < 1.29 is 9.90 Å². The van der Waals surface area contributed by atoms with Crippen LogP contribution < -0.4 is 0 Å². The van der Waals surface area contributed by atoms with Gasteiger partial charge in [-0.25, -0.2) is 4.79 Å². The number of rotatable bonds is 2. The fourth-order valence-electron chi connectivity index (χ4n) is 1.07. The van der Waals surface area contributed by atoms with Gasteiger partial charge in [-0.1, -0.05) is 11.6 Å². The fourth-order valence-corrected chi connectivity index (χ4v) is 2.23. The molecule has 2 heterocycles. The normalized spacial score (nSPS) is 10.4. The van der Waals surface area contributed by atoms with Crippen molar-refractivity contribution >= 4 is 28.9 Å². The Morgan fingerprint density at radius 2 is 2.43 bits per heavy atom. The third-order valence-electron chi connectivity index (χ3n) is 1.71. The van der Waals surface area contributed by atoms with Gasteiger partial charge in [0.05, 0.1) is 6.20 Å². The van der Waals surface area contributed by atoms with E-state index in [1.54, 1.807) is 18.5 Å². The molecule has 0 bridgehead atoms. The number of carboxylic acid groups (broad SMARTS) is 1. The maximum atomic E-state index is 10.7. The second-order valence-corrected chi connectivity index (χ2v) is 4.24. The average molecular weight is 229 g/mol. The van der Waals surface area contributed by atoms with Crippen LogP contribution in [-0.4, -0.2) is 21.3 Å². The van der Waals surface area contributed by atoms with E-state index >= 15 is 0 Å². The predicted molar refractivity (Wildman–Crippen MR) is 53.9 cm³/mol. The lowest BCUT2D eigenvalue weighted by Crippen LogP contribution is -1.89. The molecule has 0 radical (unpaired) electrons. The topological polar surface area (TPSA) is 66.0 Å². The number of carboxylic acids is 1. The first-order valence-corrected chi connectivity index (χ1v) is 4.89. The van der Waals surface area contributed by atoms with Crippen molar-refractivity contribution in [2.75, 3.05) is 0 Å². The standard InChI is InChI=1S/C8H5ClN2O2S/c9-7-5(4-2-10-11-3-4)1-6(14-7)8(12)13/h1-3H,(H,10,11)(H,12,13). The number of carbonyl (C=O) groups is 1. The Hall–Kier alpha value is -1.33. The molecule has 0 aliphatic carbocycles. The van der Waals surface area contributed by atoms with Crippen LogP contribution in [0.5, 0.6) is 0 Å². The quantitative estimate of drug-likeness (QED) is 0.830. The Balaban J connectivity index is 2.50. The van der Waals surface area contributed by atoms with Gasteiger partial charge in [0, 0.05) is 17.3 Å². The number of aromatic amines is 1. The van der Waals surface area contributed by atoms with Crippen LogP contribution in [0.1, 0.15) is 9.67 Å². The first kappa shape index (κ1) is 9.23. The van der Waals surface area contributed by atoms with E-state index in [4.69, 9.17) is 16.7 Å². The highest BCUT2D eigenvalue weighted by Crippen LogP contribution is 2.35. The number of halogens is 1. The number of thiophene rings is 1. The zero-order chi connectivity index (χ0) is 10.1. The highest BCUT2D eigenvalue weighted by atomic mass is 35.5. The van der Waals surface area contributed by atoms with Gasteiger partial charge in [-0.3, -0.25) is 5.10 Å². The molecule has 14 heavy (non-hydrogen) atoms. The number of nitrogens with zero attached hydrogens (tertiary/aromatic N) is 1. The van der Waals surface area contributed by atoms with Crippen molar-refractivity contribution in [2.24, 2.45) is 0 Å². The summed E-state index contributed by atoms with van der Waals surface area (Å²) in [6.07, 6.45) is 3.26. The number of nitrogens with one attached hydrogen (secondary N) is 1. The molecule has 2 rings (SSSR count). The van der Waals surface area contributed by atoms with E-state index in [2.05, 4.69) is 10.2 Å². The molecule has 0 aromatic carbocycles. The van der Waals surface area contributed by atoms with Crippen LogP contribution in [-0.2, 0) is 0 Å². The molecule has 0 amide bonds. The summed E-state index contributed by atoms with van der Waals surface area (Å²) in [6.45, 7) is 0. The molecule has 4 nitrogen and oxygen atoms in total. The molecule has 2 aromatic heterocycles. The zero-order valence-corrected chi connectivity index (χ0v) is 8.39. The first-order valence-electron chi connectivity index (χ1n) is 3.70. The molecule has 0 unspecified atom stereocenters. The predicted octanol–water partition coefficient (Wildman–Crippen LogP) is 2.49. The highest BCUT2D eigenvalue weighted by molar-refractivity contribution is 7.18. The molecular weight excluding hydrogens is 224 g/mol. The molecule has 72 valence electrons. The minimum absolute atomic E-state index is 0.228.